The average Bonchev–Trinajstić information content (AvgIpc) is 2.69. The number of hydrogen-bond donors (Lipinski definition) is 1. The van der Waals surface area contributed by atoms with Crippen LogP contribution in [0, 0.1) is 12.7 Å². The second-order valence-electron chi connectivity index (χ2n) is 6.46. The fourth-order valence-corrected chi connectivity index (χ4v) is 2.90. The van der Waals surface area contributed by atoms with Crippen LogP contribution < -0.4 is 10.2 Å². The van der Waals surface area contributed by atoms with Gasteiger partial charge in [0.1, 0.15) is 11.5 Å². The van der Waals surface area contributed by atoms with Gasteiger partial charge >= 0.3 is 0 Å². The van der Waals surface area contributed by atoms with Crippen molar-refractivity contribution in [2.45, 2.75) is 13.3 Å². The predicted molar refractivity (Wildman–Crippen MR) is 99.1 cm³/mol. The molecule has 0 bridgehead atoms. The van der Waals surface area contributed by atoms with Crippen LogP contribution in [0.25, 0.3) is 0 Å². The van der Waals surface area contributed by atoms with Crippen molar-refractivity contribution in [3.05, 3.63) is 53.1 Å². The lowest BCUT2D eigenvalue weighted by Gasteiger charge is -2.32. The van der Waals surface area contributed by atoms with E-state index >= 15 is 0 Å². The van der Waals surface area contributed by atoms with Gasteiger partial charge in [0.25, 0.3) is 5.91 Å². The molecule has 1 fully saturated rings. The van der Waals surface area contributed by atoms with Crippen LogP contribution in [-0.4, -0.2) is 59.9 Å². The van der Waals surface area contributed by atoms with Crippen molar-refractivity contribution in [2.75, 3.05) is 37.6 Å². The highest BCUT2D eigenvalue weighted by Crippen LogP contribution is 2.13. The monoisotopic (exact) mass is 371 g/mol. The molecule has 1 aliphatic rings. The van der Waals surface area contributed by atoms with Crippen molar-refractivity contribution in [3.63, 3.8) is 0 Å². The first-order valence-electron chi connectivity index (χ1n) is 8.88. The number of aryl methyl sites for hydroxylation is 1. The minimum absolute atomic E-state index is 0.268. The summed E-state index contributed by atoms with van der Waals surface area (Å²) in [5, 5.41) is 2.84. The highest BCUT2D eigenvalue weighted by molar-refractivity contribution is 5.92. The Kier molecular flexibility index (Phi) is 5.95. The van der Waals surface area contributed by atoms with Crippen molar-refractivity contribution in [1.82, 2.24) is 20.2 Å². The van der Waals surface area contributed by atoms with Crippen LogP contribution in [-0.2, 0) is 11.2 Å². The zero-order chi connectivity index (χ0) is 19.2. The fraction of sp³-hybridized carbons (Fsp3) is 0.368. The summed E-state index contributed by atoms with van der Waals surface area (Å²) in [5.74, 6) is -0.0413. The lowest BCUT2D eigenvalue weighted by Crippen LogP contribution is -2.46. The Morgan fingerprint density at radius 3 is 2.56 bits per heavy atom. The summed E-state index contributed by atoms with van der Waals surface area (Å²) in [6.07, 6.45) is 1.45. The summed E-state index contributed by atoms with van der Waals surface area (Å²) in [6.45, 7) is 4.74. The Morgan fingerprint density at radius 1 is 1.19 bits per heavy atom. The standard InChI is InChI=1S/C19H22FN5O2/c1-14-12-17(18(27)21-7-6-15-2-4-16(20)5-3-15)23-19(22-14)25-10-8-24(13-26)9-11-25/h2-5,12-13H,6-11H2,1H3,(H,21,27). The number of nitrogens with one attached hydrogen (secondary N) is 1. The van der Waals surface area contributed by atoms with E-state index < -0.39 is 0 Å². The van der Waals surface area contributed by atoms with E-state index in [9.17, 15) is 14.0 Å². The smallest absolute Gasteiger partial charge is 0.270 e. The number of carbonyl (C=O) groups is 2. The molecule has 1 aliphatic heterocycles. The van der Waals surface area contributed by atoms with Gasteiger partial charge in [0.15, 0.2) is 0 Å². The van der Waals surface area contributed by atoms with Gasteiger partial charge in [-0.05, 0) is 37.1 Å². The van der Waals surface area contributed by atoms with Gasteiger partial charge in [-0.15, -0.1) is 0 Å². The Hall–Kier alpha value is -3.03. The molecule has 8 heteroatoms. The maximum atomic E-state index is 12.9. The normalized spacial score (nSPS) is 14.1. The van der Waals surface area contributed by atoms with Gasteiger partial charge in [-0.2, -0.15) is 0 Å². The van der Waals surface area contributed by atoms with Gasteiger partial charge in [0, 0.05) is 38.4 Å². The average molecular weight is 371 g/mol. The molecule has 1 aromatic heterocycles. The first-order chi connectivity index (χ1) is 13.0. The van der Waals surface area contributed by atoms with Crippen molar-refractivity contribution in [3.8, 4) is 0 Å². The quantitative estimate of drug-likeness (QED) is 0.772. The molecule has 1 aromatic carbocycles. The lowest BCUT2D eigenvalue weighted by atomic mass is 10.1. The van der Waals surface area contributed by atoms with Crippen LogP contribution in [0.1, 0.15) is 21.7 Å². The number of nitrogens with zero attached hydrogens (tertiary/aromatic N) is 4. The molecule has 1 N–H and O–H groups in total. The number of halogens is 1. The summed E-state index contributed by atoms with van der Waals surface area (Å²) in [6, 6.07) is 7.86. The molecule has 142 valence electrons. The van der Waals surface area contributed by atoms with E-state index in [-0.39, 0.29) is 11.7 Å². The van der Waals surface area contributed by atoms with Crippen LogP contribution >= 0.6 is 0 Å². The molecule has 7 nitrogen and oxygen atoms in total. The number of hydrogen-bond acceptors (Lipinski definition) is 5. The van der Waals surface area contributed by atoms with Gasteiger partial charge < -0.3 is 15.1 Å². The maximum Gasteiger partial charge on any atom is 0.270 e. The highest BCUT2D eigenvalue weighted by Gasteiger charge is 2.19. The Morgan fingerprint density at radius 2 is 1.89 bits per heavy atom. The van der Waals surface area contributed by atoms with E-state index in [1.54, 1.807) is 23.1 Å². The minimum atomic E-state index is -0.277. The van der Waals surface area contributed by atoms with Gasteiger partial charge in [0.2, 0.25) is 12.4 Å². The first-order valence-corrected chi connectivity index (χ1v) is 8.88. The number of rotatable bonds is 6. The molecule has 2 amide bonds. The van der Waals surface area contributed by atoms with Crippen molar-refractivity contribution in [2.24, 2.45) is 0 Å². The van der Waals surface area contributed by atoms with Crippen LogP contribution in [0.3, 0.4) is 0 Å². The molecule has 0 radical (unpaired) electrons. The van der Waals surface area contributed by atoms with Crippen LogP contribution in [0.2, 0.25) is 0 Å². The highest BCUT2D eigenvalue weighted by atomic mass is 19.1. The molecule has 0 atom stereocenters. The zero-order valence-corrected chi connectivity index (χ0v) is 15.2. The predicted octanol–water partition coefficient (Wildman–Crippen LogP) is 1.18. The molecule has 27 heavy (non-hydrogen) atoms. The second kappa shape index (κ2) is 8.57. The van der Waals surface area contributed by atoms with Gasteiger partial charge in [-0.25, -0.2) is 14.4 Å². The summed E-state index contributed by atoms with van der Waals surface area (Å²) < 4.78 is 12.9. The van der Waals surface area contributed by atoms with E-state index in [4.69, 9.17) is 0 Å². The van der Waals surface area contributed by atoms with E-state index in [1.165, 1.54) is 12.1 Å². The Labute approximate surface area is 157 Å². The molecular formula is C19H22FN5O2. The van der Waals surface area contributed by atoms with Gasteiger partial charge in [-0.1, -0.05) is 12.1 Å². The molecule has 0 saturated carbocycles. The summed E-state index contributed by atoms with van der Waals surface area (Å²) in [4.78, 5) is 35.8. The summed E-state index contributed by atoms with van der Waals surface area (Å²) >= 11 is 0. The van der Waals surface area contributed by atoms with E-state index in [2.05, 4.69) is 15.3 Å². The van der Waals surface area contributed by atoms with Crippen molar-refractivity contribution >= 4 is 18.3 Å². The first kappa shape index (κ1) is 18.8. The van der Waals surface area contributed by atoms with E-state index in [1.807, 2.05) is 11.8 Å². The lowest BCUT2D eigenvalue weighted by molar-refractivity contribution is -0.118. The summed E-state index contributed by atoms with van der Waals surface area (Å²) in [7, 11) is 0. The third-order valence-corrected chi connectivity index (χ3v) is 4.43. The topological polar surface area (TPSA) is 78.4 Å². The minimum Gasteiger partial charge on any atom is -0.350 e. The molecule has 2 heterocycles. The molecule has 3 rings (SSSR count). The zero-order valence-electron chi connectivity index (χ0n) is 15.2. The molecule has 0 aliphatic carbocycles. The number of piperazine rings is 1. The molecule has 2 aromatic rings. The Bertz CT molecular complexity index is 804. The van der Waals surface area contributed by atoms with Crippen molar-refractivity contribution < 1.29 is 14.0 Å². The largest absolute Gasteiger partial charge is 0.350 e. The third kappa shape index (κ3) is 4.99. The second-order valence-corrected chi connectivity index (χ2v) is 6.46. The number of amides is 2. The van der Waals surface area contributed by atoms with E-state index in [0.29, 0.717) is 56.5 Å². The fourth-order valence-electron chi connectivity index (χ4n) is 2.90. The Balaban J connectivity index is 1.60. The molecule has 0 unspecified atom stereocenters. The van der Waals surface area contributed by atoms with E-state index in [0.717, 1.165) is 12.0 Å². The van der Waals surface area contributed by atoms with Gasteiger partial charge in [-0.3, -0.25) is 9.59 Å². The SMILES string of the molecule is Cc1cc(C(=O)NCCc2ccc(F)cc2)nc(N2CCN(C=O)CC2)n1. The molecule has 0 spiro atoms. The molecule has 1 saturated heterocycles. The number of aromatic nitrogens is 2. The van der Waals surface area contributed by atoms with Gasteiger partial charge in [0.05, 0.1) is 0 Å². The van der Waals surface area contributed by atoms with Crippen LogP contribution in [0.15, 0.2) is 30.3 Å². The number of anilines is 1. The number of carbonyl (C=O) groups excluding carboxylic acids is 2. The molecular weight excluding hydrogens is 349 g/mol. The third-order valence-electron chi connectivity index (χ3n) is 4.43. The maximum absolute atomic E-state index is 12.9. The number of benzene rings is 1. The summed E-state index contributed by atoms with van der Waals surface area (Å²) in [5.41, 5.74) is 1.97. The van der Waals surface area contributed by atoms with Crippen molar-refractivity contribution in [1.29, 1.82) is 0 Å². The van der Waals surface area contributed by atoms with Crippen LogP contribution in [0.5, 0.6) is 0 Å². The van der Waals surface area contributed by atoms with Crippen LogP contribution in [0.4, 0.5) is 10.3 Å².